The lowest BCUT2D eigenvalue weighted by Crippen LogP contribution is -2.07. The summed E-state index contributed by atoms with van der Waals surface area (Å²) in [7, 11) is 0. The predicted molar refractivity (Wildman–Crippen MR) is 74.1 cm³/mol. The summed E-state index contributed by atoms with van der Waals surface area (Å²) in [4.78, 5) is 0. The summed E-state index contributed by atoms with van der Waals surface area (Å²) in [5, 5.41) is 0. The van der Waals surface area contributed by atoms with Crippen LogP contribution in [0.1, 0.15) is 72.1 Å². The molecule has 0 spiro atoms. The molecule has 0 N–H and O–H groups in total. The zero-order chi connectivity index (χ0) is 11.4. The van der Waals surface area contributed by atoms with E-state index in [0.29, 0.717) is 0 Å². The first-order chi connectivity index (χ1) is 7.35. The zero-order valence-corrected chi connectivity index (χ0v) is 11.4. The summed E-state index contributed by atoms with van der Waals surface area (Å²) in [6.45, 7) is 7.96. The number of unbranched alkanes of at least 4 members (excludes halogenated alkanes) is 7. The van der Waals surface area contributed by atoms with Gasteiger partial charge in [-0.2, -0.15) is 0 Å². The van der Waals surface area contributed by atoms with Crippen molar-refractivity contribution in [2.24, 2.45) is 0 Å². The molecule has 1 heteroatoms. The first-order valence-corrected chi connectivity index (χ1v) is 7.35. The van der Waals surface area contributed by atoms with E-state index < -0.39 is 0 Å². The smallest absolute Gasteiger partial charge is 0.0770 e. The molecule has 0 aromatic heterocycles. The summed E-state index contributed by atoms with van der Waals surface area (Å²) in [5.41, 5.74) is 0. The van der Waals surface area contributed by atoms with Crippen LogP contribution in [-0.2, 0) is 0 Å². The summed E-state index contributed by atoms with van der Waals surface area (Å²) >= 11 is 0. The predicted octanol–water partition coefficient (Wildman–Crippen LogP) is 5.66. The maximum atomic E-state index is 2.33. The molecule has 0 rings (SSSR count). The van der Waals surface area contributed by atoms with Crippen LogP contribution in [0, 0.1) is 0 Å². The van der Waals surface area contributed by atoms with Crippen LogP contribution >= 0.6 is 0 Å². The molecule has 0 nitrogen and oxygen atoms in total. The van der Waals surface area contributed by atoms with Crippen LogP contribution in [0.15, 0.2) is 0 Å². The molecular formula is C14H31B. The first kappa shape index (κ1) is 15.1. The van der Waals surface area contributed by atoms with Crippen LogP contribution < -0.4 is 0 Å². The third-order valence-corrected chi connectivity index (χ3v) is 3.62. The Kier molecular flexibility index (Phi) is 12.2. The Labute approximate surface area is 98.3 Å². The largest absolute Gasteiger partial charge is 0.139 e. The molecule has 0 saturated heterocycles. The molecule has 0 aliphatic heterocycles. The molecule has 0 bridgehead atoms. The van der Waals surface area contributed by atoms with Crippen LogP contribution in [0.25, 0.3) is 0 Å². The van der Waals surface area contributed by atoms with Gasteiger partial charge in [-0.25, -0.2) is 0 Å². The topological polar surface area (TPSA) is 0 Å². The van der Waals surface area contributed by atoms with E-state index in [1.165, 1.54) is 70.3 Å². The fourth-order valence-electron chi connectivity index (χ4n) is 2.26. The fraction of sp³-hybridized carbons (Fsp3) is 1.00. The van der Waals surface area contributed by atoms with Crippen LogP contribution in [0.4, 0.5) is 0 Å². The molecule has 0 radical (unpaired) electrons. The lowest BCUT2D eigenvalue weighted by atomic mass is 9.43. The molecule has 0 aliphatic carbocycles. The number of rotatable bonds is 11. The van der Waals surface area contributed by atoms with Gasteiger partial charge in [0.15, 0.2) is 0 Å². The van der Waals surface area contributed by atoms with E-state index in [1.807, 2.05) is 0 Å². The van der Waals surface area contributed by atoms with Crippen molar-refractivity contribution in [2.75, 3.05) is 0 Å². The molecule has 90 valence electrons. The molecule has 0 aliphatic rings. The maximum Gasteiger partial charge on any atom is 0.139 e. The molecule has 0 aromatic carbocycles. The van der Waals surface area contributed by atoms with E-state index in [0.717, 1.165) is 6.71 Å². The summed E-state index contributed by atoms with van der Waals surface area (Å²) in [6.07, 6.45) is 15.9. The summed E-state index contributed by atoms with van der Waals surface area (Å²) in [6, 6.07) is 0. The average molecular weight is 210 g/mol. The van der Waals surface area contributed by atoms with Gasteiger partial charge in [0.05, 0.1) is 0 Å². The monoisotopic (exact) mass is 210 g/mol. The standard InChI is InChI=1S/C14H31B/c1-4-7-8-9-10-11-12-13-14-15(5-2)6-3/h4-14H2,1-3H3. The lowest BCUT2D eigenvalue weighted by molar-refractivity contribution is 0.584. The van der Waals surface area contributed by atoms with E-state index in [4.69, 9.17) is 0 Å². The second kappa shape index (κ2) is 12.1. The van der Waals surface area contributed by atoms with E-state index >= 15 is 0 Å². The quantitative estimate of drug-likeness (QED) is 0.305. The highest BCUT2D eigenvalue weighted by Gasteiger charge is 2.06. The van der Waals surface area contributed by atoms with Crippen LogP contribution in [0.3, 0.4) is 0 Å². The highest BCUT2D eigenvalue weighted by atomic mass is 14.0. The Bertz CT molecular complexity index is 108. The van der Waals surface area contributed by atoms with Crippen molar-refractivity contribution in [3.05, 3.63) is 0 Å². The Balaban J connectivity index is 3.04. The van der Waals surface area contributed by atoms with Gasteiger partial charge in [0, 0.05) is 0 Å². The van der Waals surface area contributed by atoms with Gasteiger partial charge in [-0.3, -0.25) is 0 Å². The first-order valence-electron chi connectivity index (χ1n) is 7.35. The van der Waals surface area contributed by atoms with Gasteiger partial charge in [0.25, 0.3) is 0 Å². The van der Waals surface area contributed by atoms with Crippen molar-refractivity contribution >= 4 is 6.71 Å². The molecule has 0 fully saturated rings. The van der Waals surface area contributed by atoms with E-state index in [-0.39, 0.29) is 0 Å². The van der Waals surface area contributed by atoms with Gasteiger partial charge < -0.3 is 0 Å². The minimum absolute atomic E-state index is 1.00. The summed E-state index contributed by atoms with van der Waals surface area (Å²) in [5.74, 6) is 0. The van der Waals surface area contributed by atoms with Crippen molar-refractivity contribution < 1.29 is 0 Å². The van der Waals surface area contributed by atoms with Crippen molar-refractivity contribution in [3.63, 3.8) is 0 Å². The maximum absolute atomic E-state index is 2.33. The van der Waals surface area contributed by atoms with Crippen molar-refractivity contribution in [3.8, 4) is 0 Å². The second-order valence-corrected chi connectivity index (χ2v) is 4.95. The lowest BCUT2D eigenvalue weighted by Gasteiger charge is -2.07. The third kappa shape index (κ3) is 10.3. The molecule has 0 saturated carbocycles. The van der Waals surface area contributed by atoms with Crippen molar-refractivity contribution in [1.82, 2.24) is 0 Å². The van der Waals surface area contributed by atoms with Gasteiger partial charge in [-0.1, -0.05) is 91.1 Å². The second-order valence-electron chi connectivity index (χ2n) is 4.95. The van der Waals surface area contributed by atoms with Crippen LogP contribution in [0.2, 0.25) is 19.0 Å². The van der Waals surface area contributed by atoms with Crippen LogP contribution in [0.5, 0.6) is 0 Å². The molecule has 0 aromatic rings. The van der Waals surface area contributed by atoms with Gasteiger partial charge in [0.1, 0.15) is 6.71 Å². The number of hydrogen-bond acceptors (Lipinski definition) is 0. The number of hydrogen-bond donors (Lipinski definition) is 0. The van der Waals surface area contributed by atoms with Gasteiger partial charge in [0.2, 0.25) is 0 Å². The van der Waals surface area contributed by atoms with Gasteiger partial charge in [-0.05, 0) is 0 Å². The minimum Gasteiger partial charge on any atom is -0.0770 e. The third-order valence-electron chi connectivity index (χ3n) is 3.62. The molecule has 0 atom stereocenters. The zero-order valence-electron chi connectivity index (χ0n) is 11.4. The fourth-order valence-corrected chi connectivity index (χ4v) is 2.26. The molecule has 0 heterocycles. The Hall–Kier alpha value is 0.0649. The SMILES string of the molecule is CCCCCCCCCCB(CC)CC. The molecule has 15 heavy (non-hydrogen) atoms. The Morgan fingerprint density at radius 2 is 1.07 bits per heavy atom. The Morgan fingerprint density at radius 3 is 1.53 bits per heavy atom. The average Bonchev–Trinajstić information content (AvgIpc) is 2.27. The molecule has 0 unspecified atom stereocenters. The van der Waals surface area contributed by atoms with E-state index in [2.05, 4.69) is 20.8 Å². The van der Waals surface area contributed by atoms with Gasteiger partial charge >= 0.3 is 0 Å². The summed E-state index contributed by atoms with van der Waals surface area (Å²) < 4.78 is 0. The molecule has 0 amide bonds. The van der Waals surface area contributed by atoms with E-state index in [1.54, 1.807) is 0 Å². The van der Waals surface area contributed by atoms with Crippen LogP contribution in [-0.4, -0.2) is 6.71 Å². The highest BCUT2D eigenvalue weighted by Crippen LogP contribution is 2.13. The van der Waals surface area contributed by atoms with Gasteiger partial charge in [-0.15, -0.1) is 0 Å². The van der Waals surface area contributed by atoms with Crippen molar-refractivity contribution in [2.45, 2.75) is 91.1 Å². The minimum atomic E-state index is 1.00. The van der Waals surface area contributed by atoms with E-state index in [9.17, 15) is 0 Å². The normalized spacial score (nSPS) is 10.6. The molecular weight excluding hydrogens is 179 g/mol. The highest BCUT2D eigenvalue weighted by molar-refractivity contribution is 6.58. The van der Waals surface area contributed by atoms with Crippen molar-refractivity contribution in [1.29, 1.82) is 0 Å². The Morgan fingerprint density at radius 1 is 0.600 bits per heavy atom.